The van der Waals surface area contributed by atoms with Crippen LogP contribution in [0.2, 0.25) is 5.02 Å². The fourth-order valence-electron chi connectivity index (χ4n) is 0.908. The van der Waals surface area contributed by atoms with Gasteiger partial charge < -0.3 is 4.74 Å². The highest BCUT2D eigenvalue weighted by atomic mass is 35.5. The van der Waals surface area contributed by atoms with Crippen LogP contribution in [0.1, 0.15) is 12.5 Å². The molecular weight excluding hydrogens is 225 g/mol. The molecule has 0 aliphatic carbocycles. The van der Waals surface area contributed by atoms with Crippen molar-refractivity contribution in [3.63, 3.8) is 0 Å². The Bertz CT molecular complexity index is 305. The molecule has 1 heterocycles. The largest absolute Gasteiger partial charge is 0.466 e. The first kappa shape index (κ1) is 13.2. The lowest BCUT2D eigenvalue weighted by Crippen LogP contribution is -2.07. The summed E-state index contributed by atoms with van der Waals surface area (Å²) in [6.07, 6.45) is 3.33. The van der Waals surface area contributed by atoms with Crippen molar-refractivity contribution in [1.82, 2.24) is 4.98 Å². The lowest BCUT2D eigenvalue weighted by atomic mass is 10.2. The van der Waals surface area contributed by atoms with Crippen molar-refractivity contribution in [3.8, 4) is 0 Å². The molecule has 14 heavy (non-hydrogen) atoms. The van der Waals surface area contributed by atoms with Gasteiger partial charge in [0.05, 0.1) is 13.0 Å². The summed E-state index contributed by atoms with van der Waals surface area (Å²) in [5.74, 6) is -0.280. The third-order valence-corrected chi connectivity index (χ3v) is 1.85. The van der Waals surface area contributed by atoms with E-state index in [0.717, 1.165) is 0 Å². The zero-order chi connectivity index (χ0) is 9.68. The van der Waals surface area contributed by atoms with E-state index in [-0.39, 0.29) is 24.8 Å². The van der Waals surface area contributed by atoms with Crippen LogP contribution in [0.5, 0.6) is 0 Å². The Morgan fingerprint density at radius 3 is 2.93 bits per heavy atom. The highest BCUT2D eigenvalue weighted by molar-refractivity contribution is 6.31. The molecule has 0 aliphatic heterocycles. The fourth-order valence-corrected chi connectivity index (χ4v) is 1.08. The number of hydrogen-bond acceptors (Lipinski definition) is 3. The Kier molecular flexibility index (Phi) is 6.25. The molecule has 0 bridgehead atoms. The first-order valence-corrected chi connectivity index (χ1v) is 4.36. The van der Waals surface area contributed by atoms with E-state index in [9.17, 15) is 4.79 Å². The molecule has 0 saturated carbocycles. The summed E-state index contributed by atoms with van der Waals surface area (Å²) >= 11 is 5.82. The Hall–Kier alpha value is -0.800. The van der Waals surface area contributed by atoms with Crippen molar-refractivity contribution in [2.24, 2.45) is 0 Å². The third kappa shape index (κ3) is 3.94. The second-order valence-corrected chi connectivity index (χ2v) is 2.86. The van der Waals surface area contributed by atoms with Gasteiger partial charge in [-0.25, -0.2) is 0 Å². The van der Waals surface area contributed by atoms with Crippen molar-refractivity contribution < 1.29 is 9.53 Å². The van der Waals surface area contributed by atoms with E-state index in [2.05, 4.69) is 4.98 Å². The molecule has 0 atom stereocenters. The van der Waals surface area contributed by atoms with Crippen molar-refractivity contribution >= 4 is 30.0 Å². The third-order valence-electron chi connectivity index (χ3n) is 1.48. The van der Waals surface area contributed by atoms with Gasteiger partial charge in [-0.05, 0) is 13.0 Å². The molecule has 0 aromatic carbocycles. The molecule has 0 spiro atoms. The zero-order valence-corrected chi connectivity index (χ0v) is 9.27. The van der Waals surface area contributed by atoms with E-state index in [1.54, 1.807) is 25.4 Å². The number of pyridine rings is 1. The molecule has 3 nitrogen and oxygen atoms in total. The molecule has 5 heteroatoms. The second-order valence-electron chi connectivity index (χ2n) is 2.45. The Morgan fingerprint density at radius 1 is 1.64 bits per heavy atom. The highest BCUT2D eigenvalue weighted by Gasteiger charge is 2.06. The molecule has 78 valence electrons. The number of carbonyl (C=O) groups excluding carboxylic acids is 1. The normalized spacial score (nSPS) is 9.00. The molecule has 0 fully saturated rings. The lowest BCUT2D eigenvalue weighted by molar-refractivity contribution is -0.142. The number of nitrogens with zero attached hydrogens (tertiary/aromatic N) is 1. The van der Waals surface area contributed by atoms with E-state index in [1.165, 1.54) is 0 Å². The second kappa shape index (κ2) is 6.62. The standard InChI is InChI=1S/C9H10ClNO2.ClH/c1-2-13-9(12)5-7-6-11-4-3-8(7)10;/h3-4,6H,2,5H2,1H3;1H. The van der Waals surface area contributed by atoms with Gasteiger partial charge in [-0.3, -0.25) is 9.78 Å². The average Bonchev–Trinajstić information content (AvgIpc) is 2.09. The molecule has 0 radical (unpaired) electrons. The number of esters is 1. The number of carbonyl (C=O) groups is 1. The average molecular weight is 236 g/mol. The molecule has 0 amide bonds. The van der Waals surface area contributed by atoms with Crippen LogP contribution in [0.3, 0.4) is 0 Å². The maximum absolute atomic E-state index is 11.1. The van der Waals surface area contributed by atoms with Crippen LogP contribution in [0.4, 0.5) is 0 Å². The maximum Gasteiger partial charge on any atom is 0.310 e. The van der Waals surface area contributed by atoms with Gasteiger partial charge in [0.15, 0.2) is 0 Å². The molecule has 0 saturated heterocycles. The van der Waals surface area contributed by atoms with E-state index in [4.69, 9.17) is 16.3 Å². The fraction of sp³-hybridized carbons (Fsp3) is 0.333. The van der Waals surface area contributed by atoms with E-state index < -0.39 is 0 Å². The van der Waals surface area contributed by atoms with Crippen molar-refractivity contribution in [2.75, 3.05) is 6.61 Å². The van der Waals surface area contributed by atoms with Crippen molar-refractivity contribution in [1.29, 1.82) is 0 Å². The summed E-state index contributed by atoms with van der Waals surface area (Å²) in [5.41, 5.74) is 0.697. The van der Waals surface area contributed by atoms with Gasteiger partial charge >= 0.3 is 5.97 Å². The SMILES string of the molecule is CCOC(=O)Cc1cnccc1Cl.Cl. The minimum atomic E-state index is -0.280. The number of rotatable bonds is 3. The Morgan fingerprint density at radius 2 is 2.36 bits per heavy atom. The smallest absolute Gasteiger partial charge is 0.310 e. The molecule has 0 unspecified atom stereocenters. The monoisotopic (exact) mass is 235 g/mol. The predicted molar refractivity (Wildman–Crippen MR) is 56.8 cm³/mol. The van der Waals surface area contributed by atoms with Gasteiger partial charge in [-0.2, -0.15) is 0 Å². The zero-order valence-electron chi connectivity index (χ0n) is 7.70. The van der Waals surface area contributed by atoms with Crippen LogP contribution < -0.4 is 0 Å². The van der Waals surface area contributed by atoms with E-state index >= 15 is 0 Å². The Labute approximate surface area is 93.8 Å². The number of ether oxygens (including phenoxy) is 1. The Balaban J connectivity index is 0.00000169. The van der Waals surface area contributed by atoms with E-state index in [1.807, 2.05) is 0 Å². The van der Waals surface area contributed by atoms with Crippen molar-refractivity contribution in [3.05, 3.63) is 29.0 Å². The van der Waals surface area contributed by atoms with Crippen LogP contribution in [0.25, 0.3) is 0 Å². The number of hydrogen-bond donors (Lipinski definition) is 0. The van der Waals surface area contributed by atoms with Crippen LogP contribution >= 0.6 is 24.0 Å². The number of halogens is 2. The molecule has 0 aliphatic rings. The van der Waals surface area contributed by atoms with Gasteiger partial charge in [-0.1, -0.05) is 11.6 Å². The highest BCUT2D eigenvalue weighted by Crippen LogP contribution is 2.14. The minimum absolute atomic E-state index is 0. The first-order chi connectivity index (χ1) is 6.24. The van der Waals surface area contributed by atoms with Gasteiger partial charge in [0.2, 0.25) is 0 Å². The predicted octanol–water partition coefficient (Wildman–Crippen LogP) is 2.26. The molecule has 1 aromatic heterocycles. The number of aromatic nitrogens is 1. The first-order valence-electron chi connectivity index (χ1n) is 3.98. The van der Waals surface area contributed by atoms with Crippen molar-refractivity contribution in [2.45, 2.75) is 13.3 Å². The van der Waals surface area contributed by atoms with Crippen LogP contribution in [-0.2, 0) is 16.0 Å². The van der Waals surface area contributed by atoms with Crippen LogP contribution in [0.15, 0.2) is 18.5 Å². The quantitative estimate of drug-likeness (QED) is 0.755. The summed E-state index contributed by atoms with van der Waals surface area (Å²) in [5, 5.41) is 0.544. The lowest BCUT2D eigenvalue weighted by Gasteiger charge is -2.02. The summed E-state index contributed by atoms with van der Waals surface area (Å²) in [7, 11) is 0. The van der Waals surface area contributed by atoms with Gasteiger partial charge in [0.25, 0.3) is 0 Å². The van der Waals surface area contributed by atoms with Gasteiger partial charge in [0, 0.05) is 23.0 Å². The molecule has 1 aromatic rings. The summed E-state index contributed by atoms with van der Waals surface area (Å²) < 4.78 is 4.78. The summed E-state index contributed by atoms with van der Waals surface area (Å²) in [6, 6.07) is 1.65. The maximum atomic E-state index is 11.1. The molecular formula is C9H11Cl2NO2. The van der Waals surface area contributed by atoms with Crippen LogP contribution in [-0.4, -0.2) is 17.6 Å². The summed E-state index contributed by atoms with van der Waals surface area (Å²) in [6.45, 7) is 2.15. The van der Waals surface area contributed by atoms with E-state index in [0.29, 0.717) is 17.2 Å². The van der Waals surface area contributed by atoms with Gasteiger partial charge in [0.1, 0.15) is 0 Å². The molecule has 1 rings (SSSR count). The van der Waals surface area contributed by atoms with Gasteiger partial charge in [-0.15, -0.1) is 12.4 Å². The molecule has 0 N–H and O–H groups in total. The summed E-state index contributed by atoms with van der Waals surface area (Å²) in [4.78, 5) is 14.9. The van der Waals surface area contributed by atoms with Crippen LogP contribution in [0, 0.1) is 0 Å². The minimum Gasteiger partial charge on any atom is -0.466 e. The topological polar surface area (TPSA) is 39.2 Å².